The Bertz CT molecular complexity index is 547. The van der Waals surface area contributed by atoms with Gasteiger partial charge in [0.25, 0.3) is 0 Å². The van der Waals surface area contributed by atoms with Crippen molar-refractivity contribution in [1.29, 1.82) is 0 Å². The number of amides is 1. The van der Waals surface area contributed by atoms with Gasteiger partial charge in [-0.15, -0.1) is 24.2 Å². The summed E-state index contributed by atoms with van der Waals surface area (Å²) in [6, 6.07) is 6.04. The van der Waals surface area contributed by atoms with Crippen LogP contribution in [0.4, 0.5) is 0 Å². The second kappa shape index (κ2) is 7.43. The Hall–Kier alpha value is -0.420. The fourth-order valence-corrected chi connectivity index (χ4v) is 4.37. The van der Waals surface area contributed by atoms with Gasteiger partial charge in [0, 0.05) is 15.7 Å². The summed E-state index contributed by atoms with van der Waals surface area (Å²) in [6.45, 7) is 2.94. The minimum absolute atomic E-state index is 0. The number of halogens is 2. The zero-order valence-corrected chi connectivity index (χ0v) is 15.0. The molecule has 2 aliphatic rings. The Morgan fingerprint density at radius 3 is 3.00 bits per heavy atom. The van der Waals surface area contributed by atoms with Crippen molar-refractivity contribution < 1.29 is 4.79 Å². The Balaban J connectivity index is 0.00000176. The van der Waals surface area contributed by atoms with Crippen molar-refractivity contribution in [1.82, 2.24) is 10.6 Å². The van der Waals surface area contributed by atoms with Gasteiger partial charge in [-0.05, 0) is 62.9 Å². The first kappa shape index (κ1) is 17.9. The summed E-state index contributed by atoms with van der Waals surface area (Å²) in [6.07, 6.45) is 4.13. The molecule has 22 heavy (non-hydrogen) atoms. The highest BCUT2D eigenvalue weighted by Gasteiger charge is 2.36. The predicted octanol–water partition coefficient (Wildman–Crippen LogP) is 3.95. The van der Waals surface area contributed by atoms with Crippen LogP contribution < -0.4 is 10.6 Å². The molecular formula is C16H22Cl2N2OS. The van der Waals surface area contributed by atoms with E-state index in [1.165, 1.54) is 4.90 Å². The van der Waals surface area contributed by atoms with E-state index >= 15 is 0 Å². The molecule has 1 amide bonds. The number of hydrogen-bond acceptors (Lipinski definition) is 3. The predicted molar refractivity (Wildman–Crippen MR) is 95.2 cm³/mol. The van der Waals surface area contributed by atoms with Crippen LogP contribution in [-0.4, -0.2) is 23.7 Å². The van der Waals surface area contributed by atoms with Crippen molar-refractivity contribution in [3.8, 4) is 0 Å². The third-order valence-corrected chi connectivity index (χ3v) is 5.79. The normalized spacial score (nSPS) is 27.5. The third-order valence-electron chi connectivity index (χ3n) is 4.44. The maximum absolute atomic E-state index is 12.7. The SMILES string of the molecule is CC1(C(=O)NC2CCSc3ccc(Cl)cc32)CCCCN1.Cl. The highest BCUT2D eigenvalue weighted by Crippen LogP contribution is 2.37. The van der Waals surface area contributed by atoms with Gasteiger partial charge in [0.05, 0.1) is 11.6 Å². The molecule has 6 heteroatoms. The van der Waals surface area contributed by atoms with E-state index in [1.54, 1.807) is 0 Å². The number of nitrogens with one attached hydrogen (secondary N) is 2. The first-order valence-electron chi connectivity index (χ1n) is 7.57. The topological polar surface area (TPSA) is 41.1 Å². The van der Waals surface area contributed by atoms with Gasteiger partial charge >= 0.3 is 0 Å². The molecule has 2 atom stereocenters. The summed E-state index contributed by atoms with van der Waals surface area (Å²) >= 11 is 7.96. The van der Waals surface area contributed by atoms with E-state index in [9.17, 15) is 4.79 Å². The van der Waals surface area contributed by atoms with Crippen LogP contribution in [0.2, 0.25) is 5.02 Å². The average molecular weight is 361 g/mol. The van der Waals surface area contributed by atoms with Crippen LogP contribution in [0.5, 0.6) is 0 Å². The number of benzene rings is 1. The lowest BCUT2D eigenvalue weighted by atomic mass is 9.89. The lowest BCUT2D eigenvalue weighted by Gasteiger charge is -2.36. The van der Waals surface area contributed by atoms with Crippen molar-refractivity contribution in [3.63, 3.8) is 0 Å². The van der Waals surface area contributed by atoms with Crippen LogP contribution in [0.3, 0.4) is 0 Å². The minimum Gasteiger partial charge on any atom is -0.348 e. The second-order valence-electron chi connectivity index (χ2n) is 6.06. The quantitative estimate of drug-likeness (QED) is 0.838. The number of rotatable bonds is 2. The zero-order valence-electron chi connectivity index (χ0n) is 12.7. The van der Waals surface area contributed by atoms with Crippen molar-refractivity contribution in [2.24, 2.45) is 0 Å². The van der Waals surface area contributed by atoms with Crippen molar-refractivity contribution in [2.75, 3.05) is 12.3 Å². The van der Waals surface area contributed by atoms with Crippen LogP contribution in [-0.2, 0) is 4.79 Å². The van der Waals surface area contributed by atoms with Gasteiger partial charge in [-0.1, -0.05) is 11.6 Å². The molecule has 2 N–H and O–H groups in total. The molecule has 122 valence electrons. The molecule has 3 nitrogen and oxygen atoms in total. The standard InChI is InChI=1S/C16H21ClN2OS.ClH/c1-16(7-2-3-8-18-16)15(20)19-13-6-9-21-14-5-4-11(17)10-12(13)14;/h4-5,10,13,18H,2-3,6-9H2,1H3,(H,19,20);1H. The van der Waals surface area contributed by atoms with Gasteiger partial charge in [-0.25, -0.2) is 0 Å². The van der Waals surface area contributed by atoms with Gasteiger partial charge in [-0.2, -0.15) is 0 Å². The average Bonchev–Trinajstić information content (AvgIpc) is 2.48. The number of fused-ring (bicyclic) bond motifs is 1. The Kier molecular flexibility index (Phi) is 6.06. The van der Waals surface area contributed by atoms with Gasteiger partial charge in [0.15, 0.2) is 0 Å². The van der Waals surface area contributed by atoms with Gasteiger partial charge in [0.2, 0.25) is 5.91 Å². The molecule has 0 bridgehead atoms. The van der Waals surface area contributed by atoms with Crippen LogP contribution >= 0.6 is 35.8 Å². The number of hydrogen-bond donors (Lipinski definition) is 2. The second-order valence-corrected chi connectivity index (χ2v) is 7.63. The van der Waals surface area contributed by atoms with E-state index in [0.717, 1.165) is 48.6 Å². The number of carbonyl (C=O) groups excluding carboxylic acids is 1. The molecule has 0 saturated carbocycles. The Morgan fingerprint density at radius 2 is 2.27 bits per heavy atom. The van der Waals surface area contributed by atoms with E-state index in [2.05, 4.69) is 16.7 Å². The lowest BCUT2D eigenvalue weighted by Crippen LogP contribution is -2.57. The summed E-state index contributed by atoms with van der Waals surface area (Å²) < 4.78 is 0. The Morgan fingerprint density at radius 1 is 1.45 bits per heavy atom. The van der Waals surface area contributed by atoms with Crippen LogP contribution in [0, 0.1) is 0 Å². The third kappa shape index (κ3) is 3.73. The summed E-state index contributed by atoms with van der Waals surface area (Å²) in [5.41, 5.74) is 0.730. The van der Waals surface area contributed by atoms with E-state index in [4.69, 9.17) is 11.6 Å². The van der Waals surface area contributed by atoms with Crippen LogP contribution in [0.1, 0.15) is 44.2 Å². The summed E-state index contributed by atoms with van der Waals surface area (Å²) in [5, 5.41) is 7.35. The molecular weight excluding hydrogens is 339 g/mol. The molecule has 1 aromatic rings. The van der Waals surface area contributed by atoms with E-state index in [-0.39, 0.29) is 24.4 Å². The fraction of sp³-hybridized carbons (Fsp3) is 0.562. The lowest BCUT2D eigenvalue weighted by molar-refractivity contribution is -0.128. The molecule has 0 radical (unpaired) electrons. The monoisotopic (exact) mass is 360 g/mol. The van der Waals surface area contributed by atoms with Crippen LogP contribution in [0.15, 0.2) is 23.1 Å². The smallest absolute Gasteiger partial charge is 0.240 e. The largest absolute Gasteiger partial charge is 0.348 e. The minimum atomic E-state index is -0.429. The summed E-state index contributed by atoms with van der Waals surface area (Å²) in [5.74, 6) is 1.15. The van der Waals surface area contributed by atoms with Crippen LogP contribution in [0.25, 0.3) is 0 Å². The van der Waals surface area contributed by atoms with E-state index in [1.807, 2.05) is 30.8 Å². The van der Waals surface area contributed by atoms with E-state index < -0.39 is 5.54 Å². The van der Waals surface area contributed by atoms with Gasteiger partial charge in [-0.3, -0.25) is 4.79 Å². The van der Waals surface area contributed by atoms with Crippen molar-refractivity contribution in [3.05, 3.63) is 28.8 Å². The van der Waals surface area contributed by atoms with Gasteiger partial charge in [0.1, 0.15) is 0 Å². The molecule has 1 saturated heterocycles. The maximum Gasteiger partial charge on any atom is 0.240 e. The van der Waals surface area contributed by atoms with Crippen molar-refractivity contribution >= 4 is 41.7 Å². The first-order valence-corrected chi connectivity index (χ1v) is 8.93. The first-order chi connectivity index (χ1) is 10.1. The number of thioether (sulfide) groups is 1. The molecule has 2 aliphatic heterocycles. The summed E-state index contributed by atoms with van der Waals surface area (Å²) in [4.78, 5) is 13.9. The number of carbonyl (C=O) groups is 1. The fourth-order valence-electron chi connectivity index (χ4n) is 3.08. The maximum atomic E-state index is 12.7. The Labute approximate surface area is 147 Å². The molecule has 2 unspecified atom stereocenters. The van der Waals surface area contributed by atoms with Gasteiger partial charge < -0.3 is 10.6 Å². The molecule has 1 aromatic carbocycles. The van der Waals surface area contributed by atoms with Crippen molar-refractivity contribution in [2.45, 2.75) is 49.1 Å². The molecule has 0 aromatic heterocycles. The molecule has 2 heterocycles. The highest BCUT2D eigenvalue weighted by molar-refractivity contribution is 7.99. The molecule has 1 fully saturated rings. The number of piperidine rings is 1. The molecule has 3 rings (SSSR count). The highest BCUT2D eigenvalue weighted by atomic mass is 35.5. The van der Waals surface area contributed by atoms with E-state index in [0.29, 0.717) is 0 Å². The summed E-state index contributed by atoms with van der Waals surface area (Å²) in [7, 11) is 0. The zero-order chi connectivity index (χ0) is 14.9. The molecule has 0 spiro atoms. The molecule has 0 aliphatic carbocycles.